The monoisotopic (exact) mass is 639 g/mol. The van der Waals surface area contributed by atoms with E-state index in [1.54, 1.807) is 0 Å². The van der Waals surface area contributed by atoms with Crippen LogP contribution in [0.1, 0.15) is 79.8 Å². The zero-order chi connectivity index (χ0) is 32.8. The molecule has 4 aliphatic rings. The molecule has 4 aliphatic heterocycles. The first kappa shape index (κ1) is 35.0. The normalized spacial score (nSPS) is 24.3. The van der Waals surface area contributed by atoms with Gasteiger partial charge in [-0.05, 0) is 50.7 Å². The largest absolute Gasteiger partial charge is 0.490 e. The fourth-order valence-corrected chi connectivity index (χ4v) is 7.34. The number of halogens is 3. The number of amides is 2. The minimum atomic E-state index is -5.08. The molecule has 252 valence electrons. The fraction of sp³-hybridized carbons (Fsp3) is 0.727. The molecule has 0 aliphatic carbocycles. The molecular weight excluding hydrogens is 591 g/mol. The second-order valence-corrected chi connectivity index (χ2v) is 13.0. The number of hydrogen-bond acceptors (Lipinski definition) is 6. The van der Waals surface area contributed by atoms with Gasteiger partial charge in [0.15, 0.2) is 0 Å². The summed E-state index contributed by atoms with van der Waals surface area (Å²) in [4.78, 5) is 41.9. The minimum Gasteiger partial charge on any atom is -0.475 e. The van der Waals surface area contributed by atoms with Crippen LogP contribution in [-0.2, 0) is 14.3 Å². The summed E-state index contributed by atoms with van der Waals surface area (Å²) in [5.74, 6) is -1.73. The van der Waals surface area contributed by atoms with Crippen LogP contribution in [0.15, 0.2) is 18.2 Å². The number of benzene rings is 1. The topological polar surface area (TPSA) is 99.6 Å². The fourth-order valence-electron chi connectivity index (χ4n) is 7.34. The number of likely N-dealkylation sites (tertiary alicyclic amines) is 2. The Labute approximate surface area is 264 Å². The lowest BCUT2D eigenvalue weighted by molar-refractivity contribution is -0.192. The number of hydrogen-bond donors (Lipinski definition) is 1. The smallest absolute Gasteiger partial charge is 0.475 e. The zero-order valence-corrected chi connectivity index (χ0v) is 26.7. The predicted molar refractivity (Wildman–Crippen MR) is 162 cm³/mol. The van der Waals surface area contributed by atoms with Crippen LogP contribution in [0.2, 0.25) is 0 Å². The summed E-state index contributed by atoms with van der Waals surface area (Å²) in [6.07, 6.45) is 3.20. The van der Waals surface area contributed by atoms with Gasteiger partial charge in [-0.25, -0.2) is 9.59 Å². The van der Waals surface area contributed by atoms with Crippen molar-refractivity contribution in [2.24, 2.45) is 11.8 Å². The molecule has 2 amide bonds. The Morgan fingerprint density at radius 2 is 1.67 bits per heavy atom. The average molecular weight is 640 g/mol. The second-order valence-electron chi connectivity index (χ2n) is 13.0. The van der Waals surface area contributed by atoms with Gasteiger partial charge in [0.1, 0.15) is 5.60 Å². The number of piperidine rings is 2. The van der Waals surface area contributed by atoms with Crippen molar-refractivity contribution in [2.45, 2.75) is 90.0 Å². The first-order chi connectivity index (χ1) is 21.3. The van der Waals surface area contributed by atoms with Crippen LogP contribution in [0.4, 0.5) is 18.0 Å². The van der Waals surface area contributed by atoms with Crippen molar-refractivity contribution < 1.29 is 42.1 Å². The average Bonchev–Trinajstić information content (AvgIpc) is 3.51. The molecule has 12 heteroatoms. The third-order valence-corrected chi connectivity index (χ3v) is 9.99. The highest BCUT2D eigenvalue weighted by molar-refractivity contribution is 5.97. The molecule has 0 radical (unpaired) electrons. The maximum absolute atomic E-state index is 13.3. The number of carbonyl (C=O) groups is 3. The van der Waals surface area contributed by atoms with Gasteiger partial charge in [0.25, 0.3) is 5.91 Å². The molecule has 2 atom stereocenters. The number of rotatable bonds is 7. The van der Waals surface area contributed by atoms with E-state index < -0.39 is 12.1 Å². The molecule has 1 spiro atoms. The third-order valence-electron chi connectivity index (χ3n) is 9.99. The number of aliphatic carboxylic acids is 1. The Hall–Kier alpha value is -2.86. The molecule has 45 heavy (non-hydrogen) atoms. The molecule has 1 aromatic carbocycles. The molecule has 4 saturated heterocycles. The first-order valence-electron chi connectivity index (χ1n) is 16.3. The van der Waals surface area contributed by atoms with E-state index in [9.17, 15) is 22.8 Å². The summed E-state index contributed by atoms with van der Waals surface area (Å²) >= 11 is 0. The van der Waals surface area contributed by atoms with E-state index in [-0.39, 0.29) is 17.6 Å². The molecule has 4 heterocycles. The Balaban J connectivity index is 0.000000591. The van der Waals surface area contributed by atoms with Crippen molar-refractivity contribution in [3.05, 3.63) is 34.9 Å². The number of carboxylic acid groups (broad SMARTS) is 1. The molecule has 5 rings (SSSR count). The third kappa shape index (κ3) is 8.69. The molecule has 4 fully saturated rings. The van der Waals surface area contributed by atoms with E-state index in [1.165, 1.54) is 12.8 Å². The van der Waals surface area contributed by atoms with E-state index in [2.05, 4.69) is 11.8 Å². The number of carbonyl (C=O) groups excluding carboxylic acids is 2. The van der Waals surface area contributed by atoms with Crippen molar-refractivity contribution in [3.63, 3.8) is 0 Å². The van der Waals surface area contributed by atoms with Gasteiger partial charge in [0.2, 0.25) is 0 Å². The predicted octanol–water partition coefficient (Wildman–Crippen LogP) is 5.67. The molecular formula is C33H48F3N3O6. The summed E-state index contributed by atoms with van der Waals surface area (Å²) in [6.45, 7) is 13.1. The van der Waals surface area contributed by atoms with Crippen molar-refractivity contribution in [1.82, 2.24) is 14.7 Å². The highest BCUT2D eigenvalue weighted by atomic mass is 19.4. The molecule has 0 bridgehead atoms. The van der Waals surface area contributed by atoms with Crippen molar-refractivity contribution in [2.75, 3.05) is 52.5 Å². The van der Waals surface area contributed by atoms with Gasteiger partial charge < -0.3 is 24.4 Å². The molecule has 0 aromatic heterocycles. The second kappa shape index (κ2) is 15.2. The maximum Gasteiger partial charge on any atom is 0.490 e. The van der Waals surface area contributed by atoms with Crippen LogP contribution in [0.25, 0.3) is 0 Å². The van der Waals surface area contributed by atoms with Crippen molar-refractivity contribution in [1.29, 1.82) is 0 Å². The van der Waals surface area contributed by atoms with Gasteiger partial charge in [-0.2, -0.15) is 13.2 Å². The lowest BCUT2D eigenvalue weighted by atomic mass is 9.75. The molecule has 1 N–H and O–H groups in total. The lowest BCUT2D eigenvalue weighted by Gasteiger charge is -2.52. The summed E-state index contributed by atoms with van der Waals surface area (Å²) in [7, 11) is 0. The zero-order valence-electron chi connectivity index (χ0n) is 26.7. The number of alkyl halides is 3. The molecule has 2 unspecified atom stereocenters. The van der Waals surface area contributed by atoms with Crippen LogP contribution in [-0.4, -0.2) is 108 Å². The summed E-state index contributed by atoms with van der Waals surface area (Å²) in [6, 6.07) is 6.59. The van der Waals surface area contributed by atoms with Gasteiger partial charge in [0.05, 0.1) is 6.61 Å². The van der Waals surface area contributed by atoms with Crippen molar-refractivity contribution in [3.8, 4) is 0 Å². The van der Waals surface area contributed by atoms with E-state index >= 15 is 0 Å². The molecule has 0 saturated carbocycles. The molecule has 9 nitrogen and oxygen atoms in total. The maximum atomic E-state index is 13.3. The van der Waals surface area contributed by atoms with Crippen LogP contribution in [0, 0.1) is 25.7 Å². The number of carboxylic acids is 1. The number of ether oxygens (including phenoxy) is 2. The van der Waals surface area contributed by atoms with Crippen molar-refractivity contribution >= 4 is 18.0 Å². The Morgan fingerprint density at radius 1 is 1.04 bits per heavy atom. The minimum absolute atomic E-state index is 0.114. The van der Waals surface area contributed by atoms with Crippen LogP contribution in [0.5, 0.6) is 0 Å². The lowest BCUT2D eigenvalue weighted by Crippen LogP contribution is -2.61. The summed E-state index contributed by atoms with van der Waals surface area (Å²) in [5.41, 5.74) is 2.68. The summed E-state index contributed by atoms with van der Waals surface area (Å²) < 4.78 is 43.7. The van der Waals surface area contributed by atoms with Gasteiger partial charge in [-0.1, -0.05) is 38.0 Å². The van der Waals surface area contributed by atoms with Crippen LogP contribution < -0.4 is 0 Å². The van der Waals surface area contributed by atoms with E-state index in [4.69, 9.17) is 19.4 Å². The van der Waals surface area contributed by atoms with Crippen LogP contribution >= 0.6 is 0 Å². The number of unbranched alkanes of at least 4 members (excludes halogenated alkanes) is 1. The quantitative estimate of drug-likeness (QED) is 0.411. The van der Waals surface area contributed by atoms with E-state index in [1.807, 2.05) is 41.8 Å². The van der Waals surface area contributed by atoms with Gasteiger partial charge in [0, 0.05) is 82.2 Å². The van der Waals surface area contributed by atoms with Gasteiger partial charge >= 0.3 is 18.2 Å². The van der Waals surface area contributed by atoms with Crippen LogP contribution in [0.3, 0.4) is 0 Å². The SMILES string of the molecule is CCCCC1CN(CC2CCOC2)C(=O)OC12CCN(C1CCN(C(=O)c3c(C)cccc3C)CC1)CC2.O=C(O)C(F)(F)F. The number of aryl methyl sites for hydroxylation is 2. The molecule has 1 aromatic rings. The standard InChI is InChI=1S/C31H47N3O4.C2HF3O2/c1-4-5-9-26-21-34(20-25-12-19-37-22-25)30(36)38-31(26)13-17-32(18-14-31)27-10-15-33(16-11-27)29(35)28-23(2)7-6-8-24(28)3;3-2(4,5)1(6)7/h6-8,25-27H,4-5,9-22H2,1-3H3;(H,6,7). The highest BCUT2D eigenvalue weighted by Crippen LogP contribution is 2.42. The Kier molecular flexibility index (Phi) is 11.8. The number of nitrogens with zero attached hydrogens (tertiary/aromatic N) is 3. The van der Waals surface area contributed by atoms with Gasteiger partial charge in [-0.15, -0.1) is 0 Å². The highest BCUT2D eigenvalue weighted by Gasteiger charge is 2.50. The Bertz CT molecular complexity index is 1150. The van der Waals surface area contributed by atoms with E-state index in [0.717, 1.165) is 108 Å². The first-order valence-corrected chi connectivity index (χ1v) is 16.3. The van der Waals surface area contributed by atoms with E-state index in [0.29, 0.717) is 17.9 Å². The Morgan fingerprint density at radius 3 is 2.20 bits per heavy atom. The van der Waals surface area contributed by atoms with Gasteiger partial charge in [-0.3, -0.25) is 9.69 Å². The summed E-state index contributed by atoms with van der Waals surface area (Å²) in [5, 5.41) is 7.12.